The number of nitrogens with one attached hydrogen (secondary N) is 3. The summed E-state index contributed by atoms with van der Waals surface area (Å²) in [6, 6.07) is 5.90. The van der Waals surface area contributed by atoms with Crippen molar-refractivity contribution in [3.05, 3.63) is 29.3 Å². The summed E-state index contributed by atoms with van der Waals surface area (Å²) in [6.07, 6.45) is 1.71. The number of rotatable bonds is 6. The fraction of sp³-hybridized carbons (Fsp3) is 0.679. The molecule has 9 heteroatoms. The molecule has 2 aliphatic rings. The lowest BCUT2D eigenvalue weighted by Gasteiger charge is -2.45. The second-order valence-corrected chi connectivity index (χ2v) is 12.9. The predicted octanol–water partition coefficient (Wildman–Crippen LogP) is 5.04. The van der Waals surface area contributed by atoms with E-state index >= 15 is 0 Å². The van der Waals surface area contributed by atoms with Crippen LogP contribution in [0.4, 0.5) is 4.79 Å². The standard InChI is InChI=1S/C28H43N3O6/c1-25(2,3)35-23(32)28(9,37-31-24(33)36-26(4,5)6)21-13-11-17-16-18(10-12-19(17)34-21)22(29)30-20-14-15-27(20,7)8/h10,12,16,20-21H,11,13-15H2,1-9H3,(H2,29,30)(H,31,33)/t20-,21-,28+/m1/s1. The number of benzene rings is 1. The lowest BCUT2D eigenvalue weighted by atomic mass is 9.67. The Balaban J connectivity index is 1.76. The predicted molar refractivity (Wildman–Crippen MR) is 141 cm³/mol. The van der Waals surface area contributed by atoms with Crippen LogP contribution in [0.3, 0.4) is 0 Å². The van der Waals surface area contributed by atoms with E-state index in [1.165, 1.54) is 0 Å². The third-order valence-corrected chi connectivity index (χ3v) is 6.80. The molecule has 37 heavy (non-hydrogen) atoms. The molecule has 0 saturated heterocycles. The van der Waals surface area contributed by atoms with Gasteiger partial charge in [-0.25, -0.2) is 14.4 Å². The summed E-state index contributed by atoms with van der Waals surface area (Å²) in [7, 11) is 0. The van der Waals surface area contributed by atoms with E-state index in [9.17, 15) is 9.59 Å². The largest absolute Gasteiger partial charge is 0.486 e. The number of hydrogen-bond acceptors (Lipinski definition) is 7. The third kappa shape index (κ3) is 7.15. The van der Waals surface area contributed by atoms with Gasteiger partial charge in [0, 0.05) is 11.6 Å². The Morgan fingerprint density at radius 1 is 1.03 bits per heavy atom. The first-order chi connectivity index (χ1) is 16.9. The van der Waals surface area contributed by atoms with Crippen LogP contribution in [-0.4, -0.2) is 46.8 Å². The second-order valence-electron chi connectivity index (χ2n) is 12.9. The summed E-state index contributed by atoms with van der Waals surface area (Å²) < 4.78 is 17.1. The minimum Gasteiger partial charge on any atom is -0.486 e. The minimum absolute atomic E-state index is 0.191. The van der Waals surface area contributed by atoms with Gasteiger partial charge in [-0.2, -0.15) is 5.48 Å². The van der Waals surface area contributed by atoms with E-state index in [-0.39, 0.29) is 5.41 Å². The summed E-state index contributed by atoms with van der Waals surface area (Å²) in [5.41, 5.74) is 1.04. The Hall–Kier alpha value is -2.81. The van der Waals surface area contributed by atoms with Gasteiger partial charge in [0.25, 0.3) is 0 Å². The third-order valence-electron chi connectivity index (χ3n) is 6.80. The minimum atomic E-state index is -1.63. The van der Waals surface area contributed by atoms with E-state index < -0.39 is 35.0 Å². The number of carbonyl (C=O) groups is 2. The van der Waals surface area contributed by atoms with Crippen LogP contribution in [0.2, 0.25) is 0 Å². The fourth-order valence-corrected chi connectivity index (χ4v) is 4.39. The number of amidine groups is 1. The van der Waals surface area contributed by atoms with Gasteiger partial charge in [0.1, 0.15) is 28.9 Å². The SMILES string of the molecule is CC(C)(C)OC(=O)NO[C@](C)(C(=O)OC(C)(C)C)[C@H]1CCc2cc(C(=N)N[C@@H]3CCC3(C)C)ccc2O1. The van der Waals surface area contributed by atoms with Crippen molar-refractivity contribution in [1.29, 1.82) is 5.41 Å². The summed E-state index contributed by atoms with van der Waals surface area (Å²) in [5, 5.41) is 11.9. The van der Waals surface area contributed by atoms with Crippen LogP contribution in [-0.2, 0) is 25.5 Å². The molecule has 0 radical (unpaired) electrons. The Morgan fingerprint density at radius 3 is 2.22 bits per heavy atom. The van der Waals surface area contributed by atoms with Crippen molar-refractivity contribution < 1.29 is 28.6 Å². The second kappa shape index (κ2) is 10.2. The molecule has 0 aromatic heterocycles. The van der Waals surface area contributed by atoms with Crippen LogP contribution in [0.25, 0.3) is 0 Å². The monoisotopic (exact) mass is 517 g/mol. The zero-order valence-electron chi connectivity index (χ0n) is 23.7. The first-order valence-corrected chi connectivity index (χ1v) is 13.0. The van der Waals surface area contributed by atoms with Gasteiger partial charge in [-0.1, -0.05) is 13.8 Å². The lowest BCUT2D eigenvalue weighted by molar-refractivity contribution is -0.205. The highest BCUT2D eigenvalue weighted by atomic mass is 16.7. The van der Waals surface area contributed by atoms with Gasteiger partial charge in [0.05, 0.1) is 0 Å². The van der Waals surface area contributed by atoms with E-state index in [0.717, 1.165) is 24.0 Å². The van der Waals surface area contributed by atoms with Crippen molar-refractivity contribution in [2.75, 3.05) is 0 Å². The average Bonchev–Trinajstić information content (AvgIpc) is 2.77. The van der Waals surface area contributed by atoms with Gasteiger partial charge in [-0.15, -0.1) is 0 Å². The number of ether oxygens (including phenoxy) is 3. The number of fused-ring (bicyclic) bond motifs is 1. The zero-order chi connectivity index (χ0) is 27.8. The van der Waals surface area contributed by atoms with Crippen molar-refractivity contribution in [3.63, 3.8) is 0 Å². The van der Waals surface area contributed by atoms with E-state index in [1.54, 1.807) is 48.5 Å². The normalized spacial score (nSPS) is 22.3. The quantitative estimate of drug-likeness (QED) is 0.209. The highest BCUT2D eigenvalue weighted by Gasteiger charge is 2.50. The zero-order valence-corrected chi connectivity index (χ0v) is 23.7. The highest BCUT2D eigenvalue weighted by molar-refractivity contribution is 5.97. The molecule has 3 N–H and O–H groups in total. The van der Waals surface area contributed by atoms with E-state index in [1.807, 2.05) is 18.2 Å². The molecule has 1 aliphatic heterocycles. The van der Waals surface area contributed by atoms with Gasteiger partial charge < -0.3 is 19.5 Å². The first kappa shape index (κ1) is 28.8. The van der Waals surface area contributed by atoms with Gasteiger partial charge in [0.15, 0.2) is 0 Å². The number of carbonyl (C=O) groups excluding carboxylic acids is 2. The maximum absolute atomic E-state index is 13.3. The molecule has 0 bridgehead atoms. The number of esters is 1. The van der Waals surface area contributed by atoms with Gasteiger partial charge >= 0.3 is 12.1 Å². The number of hydroxylamine groups is 1. The van der Waals surface area contributed by atoms with Crippen LogP contribution < -0.4 is 15.5 Å². The number of amides is 1. The molecule has 0 spiro atoms. The summed E-state index contributed by atoms with van der Waals surface area (Å²) >= 11 is 0. The Labute approximate surface area is 220 Å². The van der Waals surface area contributed by atoms with Crippen LogP contribution in [0.1, 0.15) is 92.7 Å². The van der Waals surface area contributed by atoms with E-state index in [0.29, 0.717) is 30.5 Å². The average molecular weight is 518 g/mol. The summed E-state index contributed by atoms with van der Waals surface area (Å²) in [5.74, 6) is 0.342. The number of hydrogen-bond donors (Lipinski definition) is 3. The van der Waals surface area contributed by atoms with Crippen molar-refractivity contribution >= 4 is 17.9 Å². The molecule has 1 fully saturated rings. The molecule has 1 aromatic carbocycles. The molecular formula is C28H43N3O6. The maximum atomic E-state index is 13.3. The van der Waals surface area contributed by atoms with Gasteiger partial charge in [-0.3, -0.25) is 5.41 Å². The fourth-order valence-electron chi connectivity index (χ4n) is 4.39. The van der Waals surface area contributed by atoms with Gasteiger partial charge in [0.2, 0.25) is 5.60 Å². The van der Waals surface area contributed by atoms with Gasteiger partial charge in [-0.05, 0) is 103 Å². The molecule has 1 amide bonds. The van der Waals surface area contributed by atoms with Crippen LogP contribution in [0.15, 0.2) is 18.2 Å². The van der Waals surface area contributed by atoms with Crippen LogP contribution in [0, 0.1) is 10.8 Å². The molecule has 9 nitrogen and oxygen atoms in total. The Morgan fingerprint density at radius 2 is 1.68 bits per heavy atom. The maximum Gasteiger partial charge on any atom is 0.431 e. The molecular weight excluding hydrogens is 474 g/mol. The van der Waals surface area contributed by atoms with Crippen LogP contribution >= 0.6 is 0 Å². The van der Waals surface area contributed by atoms with Crippen molar-refractivity contribution in [2.24, 2.45) is 5.41 Å². The van der Waals surface area contributed by atoms with Crippen molar-refractivity contribution in [1.82, 2.24) is 10.8 Å². The van der Waals surface area contributed by atoms with E-state index in [4.69, 9.17) is 24.5 Å². The molecule has 1 heterocycles. The molecule has 3 rings (SSSR count). The summed E-state index contributed by atoms with van der Waals surface area (Å²) in [6.45, 7) is 16.5. The first-order valence-electron chi connectivity index (χ1n) is 13.0. The van der Waals surface area contributed by atoms with Crippen molar-refractivity contribution in [2.45, 2.75) is 117 Å². The Kier molecular flexibility index (Phi) is 7.89. The molecule has 0 unspecified atom stereocenters. The van der Waals surface area contributed by atoms with Crippen molar-refractivity contribution in [3.8, 4) is 5.75 Å². The molecule has 3 atom stereocenters. The lowest BCUT2D eigenvalue weighted by Crippen LogP contribution is -2.58. The topological polar surface area (TPSA) is 119 Å². The molecule has 1 aromatic rings. The molecule has 1 aliphatic carbocycles. The van der Waals surface area contributed by atoms with E-state index in [2.05, 4.69) is 24.6 Å². The highest BCUT2D eigenvalue weighted by Crippen LogP contribution is 2.40. The number of aryl methyl sites for hydroxylation is 1. The van der Waals surface area contributed by atoms with Crippen LogP contribution in [0.5, 0.6) is 5.75 Å². The molecule has 206 valence electrons. The Bertz CT molecular complexity index is 1040. The summed E-state index contributed by atoms with van der Waals surface area (Å²) in [4.78, 5) is 31.2. The molecule has 1 saturated carbocycles. The smallest absolute Gasteiger partial charge is 0.431 e.